The predicted molar refractivity (Wildman–Crippen MR) is 63.0 cm³/mol. The van der Waals surface area contributed by atoms with Gasteiger partial charge in [-0.25, -0.2) is 0 Å². The molecular weight excluding hydrogens is 260 g/mol. The second-order valence-corrected chi connectivity index (χ2v) is 4.00. The molecule has 1 aromatic rings. The van der Waals surface area contributed by atoms with Crippen LogP contribution in [0, 0.1) is 0 Å². The van der Waals surface area contributed by atoms with Crippen molar-refractivity contribution in [3.8, 4) is 0 Å². The number of rotatable bonds is 5. The van der Waals surface area contributed by atoms with Gasteiger partial charge in [-0.3, -0.25) is 4.79 Å². The number of hydrogen-bond acceptors (Lipinski definition) is 3. The molecule has 0 aliphatic carbocycles. The monoisotopic (exact) mass is 272 g/mol. The van der Waals surface area contributed by atoms with Gasteiger partial charge in [0.05, 0.1) is 0 Å². The van der Waals surface area contributed by atoms with Crippen LogP contribution in [0.1, 0.15) is 0 Å². The van der Waals surface area contributed by atoms with Crippen molar-refractivity contribution in [1.29, 1.82) is 0 Å². The van der Waals surface area contributed by atoms with Crippen molar-refractivity contribution in [3.63, 3.8) is 0 Å². The lowest BCUT2D eigenvalue weighted by molar-refractivity contribution is -0.135. The van der Waals surface area contributed by atoms with Crippen molar-refractivity contribution < 1.29 is 9.90 Å². The number of nitrogens with two attached hydrogens (primary N) is 1. The Balaban J connectivity index is 2.78. The summed E-state index contributed by atoms with van der Waals surface area (Å²) in [4.78, 5) is 12.4. The highest BCUT2D eigenvalue weighted by molar-refractivity contribution is 9.10. The number of benzene rings is 1. The Kier molecular flexibility index (Phi) is 4.58. The maximum Gasteiger partial charge on any atom is 0.323 e. The highest BCUT2D eigenvalue weighted by atomic mass is 79.9. The summed E-state index contributed by atoms with van der Waals surface area (Å²) in [6, 6.07) is 7.48. The van der Waals surface area contributed by atoms with Crippen LogP contribution in [0.3, 0.4) is 0 Å². The minimum Gasteiger partial charge on any atom is -0.480 e. The van der Waals surface area contributed by atoms with Crippen molar-refractivity contribution in [1.82, 2.24) is 0 Å². The number of halogens is 1. The first-order chi connectivity index (χ1) is 7.13. The van der Waals surface area contributed by atoms with Crippen LogP contribution in [-0.2, 0) is 4.79 Å². The van der Waals surface area contributed by atoms with Gasteiger partial charge in [0.25, 0.3) is 0 Å². The average Bonchev–Trinajstić information content (AvgIpc) is 2.17. The van der Waals surface area contributed by atoms with Crippen LogP contribution in [-0.4, -0.2) is 30.7 Å². The topological polar surface area (TPSA) is 66.6 Å². The molecule has 0 fully saturated rings. The summed E-state index contributed by atoms with van der Waals surface area (Å²) in [5.74, 6) is -0.855. The molecule has 0 bridgehead atoms. The fourth-order valence-electron chi connectivity index (χ4n) is 1.27. The Bertz CT molecular complexity index is 327. The smallest absolute Gasteiger partial charge is 0.323 e. The van der Waals surface area contributed by atoms with Crippen LogP contribution in [0.5, 0.6) is 0 Å². The highest BCUT2D eigenvalue weighted by Crippen LogP contribution is 2.17. The lowest BCUT2D eigenvalue weighted by atomic mass is 10.3. The van der Waals surface area contributed by atoms with E-state index in [1.807, 2.05) is 24.3 Å². The quantitative estimate of drug-likeness (QED) is 0.848. The molecule has 0 aliphatic heterocycles. The Hall–Kier alpha value is -1.07. The van der Waals surface area contributed by atoms with Crippen molar-refractivity contribution in [2.24, 2.45) is 5.73 Å². The van der Waals surface area contributed by atoms with E-state index in [-0.39, 0.29) is 6.54 Å². The molecule has 82 valence electrons. The summed E-state index contributed by atoms with van der Waals surface area (Å²) in [5.41, 5.74) is 6.30. The van der Waals surface area contributed by atoms with E-state index < -0.39 is 5.97 Å². The summed E-state index contributed by atoms with van der Waals surface area (Å²) >= 11 is 3.32. The van der Waals surface area contributed by atoms with E-state index in [2.05, 4.69) is 15.9 Å². The van der Waals surface area contributed by atoms with E-state index in [9.17, 15) is 4.79 Å². The third kappa shape index (κ3) is 3.89. The number of anilines is 1. The van der Waals surface area contributed by atoms with Gasteiger partial charge in [0.15, 0.2) is 0 Å². The van der Waals surface area contributed by atoms with Gasteiger partial charge >= 0.3 is 5.97 Å². The summed E-state index contributed by atoms with van der Waals surface area (Å²) in [5, 5.41) is 8.73. The highest BCUT2D eigenvalue weighted by Gasteiger charge is 2.09. The Labute approximate surface area is 96.8 Å². The molecule has 0 amide bonds. The molecule has 0 aliphatic rings. The molecule has 1 aromatic carbocycles. The molecule has 0 heterocycles. The zero-order chi connectivity index (χ0) is 11.3. The number of carboxylic acid groups (broad SMARTS) is 1. The number of carboxylic acids is 1. The van der Waals surface area contributed by atoms with Gasteiger partial charge in [-0.2, -0.15) is 0 Å². The van der Waals surface area contributed by atoms with Gasteiger partial charge in [0.1, 0.15) is 6.54 Å². The molecule has 1 rings (SSSR count). The third-order valence-corrected chi connectivity index (χ3v) is 2.45. The average molecular weight is 273 g/mol. The van der Waals surface area contributed by atoms with E-state index in [4.69, 9.17) is 10.8 Å². The number of carbonyl (C=O) groups is 1. The van der Waals surface area contributed by atoms with Gasteiger partial charge in [-0.15, -0.1) is 0 Å². The van der Waals surface area contributed by atoms with Crippen LogP contribution < -0.4 is 10.6 Å². The van der Waals surface area contributed by atoms with Crippen molar-refractivity contribution in [3.05, 3.63) is 28.7 Å². The molecule has 5 heteroatoms. The van der Waals surface area contributed by atoms with Crippen molar-refractivity contribution >= 4 is 27.6 Å². The van der Waals surface area contributed by atoms with Crippen molar-refractivity contribution in [2.45, 2.75) is 0 Å². The van der Waals surface area contributed by atoms with E-state index in [1.165, 1.54) is 0 Å². The Morgan fingerprint density at radius 1 is 1.40 bits per heavy atom. The number of aliphatic carboxylic acids is 1. The zero-order valence-corrected chi connectivity index (χ0v) is 9.77. The zero-order valence-electron chi connectivity index (χ0n) is 8.19. The molecule has 0 radical (unpaired) electrons. The first kappa shape index (κ1) is 12.0. The second-order valence-electron chi connectivity index (χ2n) is 3.08. The van der Waals surface area contributed by atoms with Gasteiger partial charge in [-0.1, -0.05) is 15.9 Å². The number of nitrogens with zero attached hydrogens (tertiary/aromatic N) is 1. The maximum absolute atomic E-state index is 10.6. The van der Waals surface area contributed by atoms with E-state index in [0.29, 0.717) is 13.1 Å². The first-order valence-electron chi connectivity index (χ1n) is 4.56. The third-order valence-electron chi connectivity index (χ3n) is 1.92. The minimum atomic E-state index is -0.855. The standard InChI is InChI=1S/C10H13BrN2O2/c11-8-1-3-9(4-2-8)13(6-5-12)7-10(14)15/h1-4H,5-7,12H2,(H,14,15). The van der Waals surface area contributed by atoms with Gasteiger partial charge in [-0.05, 0) is 24.3 Å². The molecule has 0 unspecified atom stereocenters. The molecule has 0 saturated heterocycles. The predicted octanol–water partition coefficient (Wildman–Crippen LogP) is 1.30. The SMILES string of the molecule is NCCN(CC(=O)O)c1ccc(Br)cc1. The maximum atomic E-state index is 10.6. The fraction of sp³-hybridized carbons (Fsp3) is 0.300. The summed E-state index contributed by atoms with van der Waals surface area (Å²) in [6.45, 7) is 0.941. The van der Waals surface area contributed by atoms with Gasteiger partial charge in [0.2, 0.25) is 0 Å². The molecule has 3 N–H and O–H groups in total. The first-order valence-corrected chi connectivity index (χ1v) is 5.35. The van der Waals surface area contributed by atoms with Crippen molar-refractivity contribution in [2.75, 3.05) is 24.5 Å². The van der Waals surface area contributed by atoms with Crippen LogP contribution in [0.25, 0.3) is 0 Å². The van der Waals surface area contributed by atoms with Crippen LogP contribution in [0.4, 0.5) is 5.69 Å². The van der Waals surface area contributed by atoms with Crippen LogP contribution >= 0.6 is 15.9 Å². The van der Waals surface area contributed by atoms with E-state index in [1.54, 1.807) is 4.90 Å². The molecule has 0 aromatic heterocycles. The van der Waals surface area contributed by atoms with Crippen LogP contribution in [0.2, 0.25) is 0 Å². The Morgan fingerprint density at radius 2 is 2.00 bits per heavy atom. The molecule has 0 atom stereocenters. The summed E-state index contributed by atoms with van der Waals surface area (Å²) in [7, 11) is 0. The lowest BCUT2D eigenvalue weighted by Crippen LogP contribution is -2.34. The van der Waals surface area contributed by atoms with E-state index in [0.717, 1.165) is 10.2 Å². The molecular formula is C10H13BrN2O2. The Morgan fingerprint density at radius 3 is 2.47 bits per heavy atom. The van der Waals surface area contributed by atoms with Gasteiger partial charge < -0.3 is 15.7 Å². The summed E-state index contributed by atoms with van der Waals surface area (Å²) in [6.07, 6.45) is 0. The minimum absolute atomic E-state index is 0.0289. The van der Waals surface area contributed by atoms with E-state index >= 15 is 0 Å². The molecule has 0 spiro atoms. The van der Waals surface area contributed by atoms with Gasteiger partial charge in [0, 0.05) is 23.2 Å². The van der Waals surface area contributed by atoms with Crippen LogP contribution in [0.15, 0.2) is 28.7 Å². The molecule has 4 nitrogen and oxygen atoms in total. The normalized spacial score (nSPS) is 10.0. The summed E-state index contributed by atoms with van der Waals surface area (Å²) < 4.78 is 0.967. The second kappa shape index (κ2) is 5.72. The fourth-order valence-corrected chi connectivity index (χ4v) is 1.53. The lowest BCUT2D eigenvalue weighted by Gasteiger charge is -2.21. The number of hydrogen-bond donors (Lipinski definition) is 2. The molecule has 15 heavy (non-hydrogen) atoms. The largest absolute Gasteiger partial charge is 0.480 e. The molecule has 0 saturated carbocycles.